The Hall–Kier alpha value is -2.08. The molecule has 2 aliphatic rings. The first-order chi connectivity index (χ1) is 12.6. The normalized spacial score (nSPS) is 24.3. The molecule has 0 bridgehead atoms. The molecule has 2 unspecified atom stereocenters. The van der Waals surface area contributed by atoms with Crippen LogP contribution in [0.4, 0.5) is 0 Å². The zero-order valence-electron chi connectivity index (χ0n) is 15.4. The van der Waals surface area contributed by atoms with Crippen LogP contribution in [0, 0.1) is 5.92 Å². The molecule has 26 heavy (non-hydrogen) atoms. The Labute approximate surface area is 154 Å². The van der Waals surface area contributed by atoms with Gasteiger partial charge in [0.2, 0.25) is 5.91 Å². The molecule has 0 aromatic heterocycles. The van der Waals surface area contributed by atoms with Gasteiger partial charge in [-0.1, -0.05) is 25.0 Å². The number of ether oxygens (including phenoxy) is 1. The molecule has 0 spiro atoms. The van der Waals surface area contributed by atoms with Crippen molar-refractivity contribution in [2.45, 2.75) is 38.1 Å². The van der Waals surface area contributed by atoms with E-state index in [1.54, 1.807) is 7.11 Å². The SMILES string of the molecule is COc1ccc(C2CCCCCN2C(=O)CN2CCC(C(=O)O)C2)cc1. The van der Waals surface area contributed by atoms with Gasteiger partial charge in [0.15, 0.2) is 0 Å². The minimum absolute atomic E-state index is 0.0915. The quantitative estimate of drug-likeness (QED) is 0.874. The Bertz CT molecular complexity index is 631. The highest BCUT2D eigenvalue weighted by Gasteiger charge is 2.32. The van der Waals surface area contributed by atoms with E-state index in [4.69, 9.17) is 9.84 Å². The van der Waals surface area contributed by atoms with Gasteiger partial charge >= 0.3 is 5.97 Å². The van der Waals surface area contributed by atoms with E-state index in [2.05, 4.69) is 0 Å². The first-order valence-corrected chi connectivity index (χ1v) is 9.47. The van der Waals surface area contributed by atoms with Gasteiger partial charge in [-0.2, -0.15) is 0 Å². The first-order valence-electron chi connectivity index (χ1n) is 9.47. The fourth-order valence-electron chi connectivity index (χ4n) is 4.04. The fraction of sp³-hybridized carbons (Fsp3) is 0.600. The Balaban J connectivity index is 1.69. The van der Waals surface area contributed by atoms with Gasteiger partial charge in [0, 0.05) is 13.1 Å². The second-order valence-electron chi connectivity index (χ2n) is 7.28. The zero-order valence-corrected chi connectivity index (χ0v) is 15.4. The van der Waals surface area contributed by atoms with Crippen molar-refractivity contribution in [2.24, 2.45) is 5.92 Å². The molecule has 3 rings (SSSR count). The van der Waals surface area contributed by atoms with Gasteiger partial charge in [-0.25, -0.2) is 0 Å². The number of methoxy groups -OCH3 is 1. The summed E-state index contributed by atoms with van der Waals surface area (Å²) in [6.07, 6.45) is 4.88. The van der Waals surface area contributed by atoms with E-state index >= 15 is 0 Å². The fourth-order valence-corrected chi connectivity index (χ4v) is 4.04. The van der Waals surface area contributed by atoms with Crippen LogP contribution in [0.3, 0.4) is 0 Å². The molecule has 2 heterocycles. The third kappa shape index (κ3) is 4.36. The number of carboxylic acid groups (broad SMARTS) is 1. The van der Waals surface area contributed by atoms with Gasteiger partial charge in [0.1, 0.15) is 5.75 Å². The highest BCUT2D eigenvalue weighted by Crippen LogP contribution is 2.31. The standard InChI is InChI=1S/C20H28N2O4/c1-26-17-8-6-15(7-9-17)18-5-3-2-4-11-22(18)19(23)14-21-12-10-16(13-21)20(24)25/h6-9,16,18H,2-5,10-14H2,1H3,(H,24,25). The predicted octanol–water partition coefficient (Wildman–Crippen LogP) is 2.55. The number of amides is 1. The topological polar surface area (TPSA) is 70.1 Å². The average molecular weight is 360 g/mol. The van der Waals surface area contributed by atoms with E-state index in [9.17, 15) is 9.59 Å². The minimum Gasteiger partial charge on any atom is -0.497 e. The van der Waals surface area contributed by atoms with Crippen LogP contribution >= 0.6 is 0 Å². The number of rotatable bonds is 5. The molecule has 1 aromatic carbocycles. The lowest BCUT2D eigenvalue weighted by Crippen LogP contribution is -2.41. The number of benzene rings is 1. The van der Waals surface area contributed by atoms with Crippen molar-refractivity contribution in [1.82, 2.24) is 9.80 Å². The molecule has 0 aliphatic carbocycles. The number of nitrogens with zero attached hydrogens (tertiary/aromatic N) is 2. The second-order valence-corrected chi connectivity index (χ2v) is 7.28. The highest BCUT2D eigenvalue weighted by molar-refractivity contribution is 5.79. The Morgan fingerprint density at radius 2 is 1.88 bits per heavy atom. The zero-order chi connectivity index (χ0) is 18.5. The molecule has 2 saturated heterocycles. The molecular weight excluding hydrogens is 332 g/mol. The Morgan fingerprint density at radius 1 is 1.12 bits per heavy atom. The molecule has 6 nitrogen and oxygen atoms in total. The number of carbonyl (C=O) groups excluding carboxylic acids is 1. The summed E-state index contributed by atoms with van der Waals surface area (Å²) in [6, 6.07) is 8.08. The third-order valence-corrected chi connectivity index (χ3v) is 5.55. The average Bonchev–Trinajstić information content (AvgIpc) is 2.97. The van der Waals surface area contributed by atoms with Gasteiger partial charge in [-0.15, -0.1) is 0 Å². The maximum absolute atomic E-state index is 13.0. The highest BCUT2D eigenvalue weighted by atomic mass is 16.5. The molecule has 1 N–H and O–H groups in total. The van der Waals surface area contributed by atoms with Crippen LogP contribution in [-0.4, -0.2) is 60.1 Å². The molecule has 2 atom stereocenters. The van der Waals surface area contributed by atoms with Crippen LogP contribution in [-0.2, 0) is 9.59 Å². The monoisotopic (exact) mass is 360 g/mol. The van der Waals surface area contributed by atoms with Gasteiger partial charge in [0.25, 0.3) is 0 Å². The van der Waals surface area contributed by atoms with Crippen LogP contribution in [0.5, 0.6) is 5.75 Å². The summed E-state index contributed by atoms with van der Waals surface area (Å²) in [6.45, 7) is 2.24. The molecule has 6 heteroatoms. The van der Waals surface area contributed by atoms with Crippen molar-refractivity contribution in [2.75, 3.05) is 33.3 Å². The number of hydrogen-bond donors (Lipinski definition) is 1. The maximum atomic E-state index is 13.0. The summed E-state index contributed by atoms with van der Waals surface area (Å²) >= 11 is 0. The first kappa shape index (κ1) is 18.7. The van der Waals surface area contributed by atoms with E-state index in [-0.39, 0.29) is 17.9 Å². The van der Waals surface area contributed by atoms with Crippen LogP contribution in [0.1, 0.15) is 43.7 Å². The van der Waals surface area contributed by atoms with Crippen molar-refractivity contribution >= 4 is 11.9 Å². The Morgan fingerprint density at radius 3 is 2.54 bits per heavy atom. The van der Waals surface area contributed by atoms with Crippen molar-refractivity contribution in [3.8, 4) is 5.75 Å². The molecular formula is C20H28N2O4. The smallest absolute Gasteiger partial charge is 0.307 e. The van der Waals surface area contributed by atoms with Crippen LogP contribution in [0.25, 0.3) is 0 Å². The molecule has 1 aromatic rings. The molecule has 142 valence electrons. The minimum atomic E-state index is -0.758. The predicted molar refractivity (Wildman–Crippen MR) is 98.1 cm³/mol. The van der Waals surface area contributed by atoms with Gasteiger partial charge in [0.05, 0.1) is 25.6 Å². The summed E-state index contributed by atoms with van der Waals surface area (Å²) in [7, 11) is 1.65. The summed E-state index contributed by atoms with van der Waals surface area (Å²) in [5, 5.41) is 9.15. The number of aliphatic carboxylic acids is 1. The van der Waals surface area contributed by atoms with Crippen LogP contribution < -0.4 is 4.74 Å². The lowest BCUT2D eigenvalue weighted by molar-refractivity contribution is -0.142. The molecule has 1 amide bonds. The lowest BCUT2D eigenvalue weighted by atomic mass is 10.0. The molecule has 0 radical (unpaired) electrons. The lowest BCUT2D eigenvalue weighted by Gasteiger charge is -2.32. The largest absolute Gasteiger partial charge is 0.497 e. The van der Waals surface area contributed by atoms with Crippen LogP contribution in [0.15, 0.2) is 24.3 Å². The number of carbonyl (C=O) groups is 2. The second kappa shape index (κ2) is 8.54. The van der Waals surface area contributed by atoms with E-state index in [0.717, 1.165) is 43.5 Å². The van der Waals surface area contributed by atoms with E-state index < -0.39 is 5.97 Å². The number of carboxylic acids is 1. The van der Waals surface area contributed by atoms with Crippen LogP contribution in [0.2, 0.25) is 0 Å². The van der Waals surface area contributed by atoms with E-state index in [1.807, 2.05) is 34.1 Å². The Kier molecular flexibility index (Phi) is 6.14. The third-order valence-electron chi connectivity index (χ3n) is 5.55. The summed E-state index contributed by atoms with van der Waals surface area (Å²) in [4.78, 5) is 28.1. The van der Waals surface area contributed by atoms with Gasteiger partial charge in [-0.3, -0.25) is 14.5 Å². The summed E-state index contributed by atoms with van der Waals surface area (Å²) in [5.74, 6) is -0.175. The van der Waals surface area contributed by atoms with Crippen molar-refractivity contribution < 1.29 is 19.4 Å². The molecule has 2 fully saturated rings. The molecule has 0 saturated carbocycles. The van der Waals surface area contributed by atoms with Gasteiger partial charge < -0.3 is 14.7 Å². The van der Waals surface area contributed by atoms with E-state index in [1.165, 1.54) is 0 Å². The van der Waals surface area contributed by atoms with Crippen molar-refractivity contribution in [3.63, 3.8) is 0 Å². The summed E-state index contributed by atoms with van der Waals surface area (Å²) < 4.78 is 5.24. The maximum Gasteiger partial charge on any atom is 0.307 e. The van der Waals surface area contributed by atoms with E-state index in [0.29, 0.717) is 26.1 Å². The van der Waals surface area contributed by atoms with Crippen molar-refractivity contribution in [3.05, 3.63) is 29.8 Å². The number of hydrogen-bond acceptors (Lipinski definition) is 4. The van der Waals surface area contributed by atoms with Gasteiger partial charge in [-0.05, 0) is 43.5 Å². The summed E-state index contributed by atoms with van der Waals surface area (Å²) in [5.41, 5.74) is 1.14. The van der Waals surface area contributed by atoms with Crippen molar-refractivity contribution in [1.29, 1.82) is 0 Å². The number of likely N-dealkylation sites (tertiary alicyclic amines) is 2. The molecule has 2 aliphatic heterocycles.